The molecule has 0 aromatic heterocycles. The van der Waals surface area contributed by atoms with Crippen molar-refractivity contribution in [3.63, 3.8) is 0 Å². The molecule has 0 aromatic rings. The Morgan fingerprint density at radius 2 is 1.84 bits per heavy atom. The van der Waals surface area contributed by atoms with Gasteiger partial charge in [0, 0.05) is 39.0 Å². The lowest BCUT2D eigenvalue weighted by Gasteiger charge is -2.26. The van der Waals surface area contributed by atoms with E-state index in [1.165, 1.54) is 0 Å². The van der Waals surface area contributed by atoms with Crippen molar-refractivity contribution in [2.24, 2.45) is 0 Å². The zero-order valence-electron chi connectivity index (χ0n) is 11.7. The molecule has 6 nitrogen and oxygen atoms in total. The zero-order chi connectivity index (χ0) is 13.9. The maximum absolute atomic E-state index is 11.8. The summed E-state index contributed by atoms with van der Waals surface area (Å²) in [7, 11) is 0. The van der Waals surface area contributed by atoms with Crippen LogP contribution in [0.5, 0.6) is 0 Å². The Morgan fingerprint density at radius 1 is 1.11 bits per heavy atom. The molecular formula is C13H25N3O3. The fraction of sp³-hybridized carbons (Fsp3) is 0.846. The van der Waals surface area contributed by atoms with E-state index in [9.17, 15) is 9.59 Å². The summed E-state index contributed by atoms with van der Waals surface area (Å²) in [6, 6.07) is 0. The van der Waals surface area contributed by atoms with Crippen molar-refractivity contribution in [2.45, 2.75) is 26.2 Å². The first-order valence-electron chi connectivity index (χ1n) is 7.07. The van der Waals surface area contributed by atoms with Gasteiger partial charge in [0.1, 0.15) is 0 Å². The molecule has 1 rings (SSSR count). The van der Waals surface area contributed by atoms with E-state index in [4.69, 9.17) is 4.74 Å². The summed E-state index contributed by atoms with van der Waals surface area (Å²) in [4.78, 5) is 25.1. The van der Waals surface area contributed by atoms with Crippen LogP contribution in [-0.4, -0.2) is 62.7 Å². The first-order valence-corrected chi connectivity index (χ1v) is 7.07. The maximum atomic E-state index is 11.8. The molecular weight excluding hydrogens is 246 g/mol. The minimum absolute atomic E-state index is 0.0440. The van der Waals surface area contributed by atoms with Crippen LogP contribution in [0.4, 0.5) is 0 Å². The minimum atomic E-state index is -0.0556. The summed E-state index contributed by atoms with van der Waals surface area (Å²) in [5, 5.41) is 6.01. The lowest BCUT2D eigenvalue weighted by atomic mass is 10.2. The number of rotatable bonds is 8. The Bertz CT molecular complexity index is 278. The van der Waals surface area contributed by atoms with E-state index in [2.05, 4.69) is 17.6 Å². The van der Waals surface area contributed by atoms with Crippen molar-refractivity contribution >= 4 is 11.8 Å². The van der Waals surface area contributed by atoms with E-state index < -0.39 is 0 Å². The molecule has 0 spiro atoms. The molecule has 2 amide bonds. The Kier molecular flexibility index (Phi) is 8.16. The number of ether oxygens (including phenoxy) is 1. The third kappa shape index (κ3) is 7.12. The molecule has 0 aromatic carbocycles. The van der Waals surface area contributed by atoms with Crippen LogP contribution in [0.25, 0.3) is 0 Å². The molecule has 1 saturated heterocycles. The molecule has 1 fully saturated rings. The number of nitrogens with zero attached hydrogens (tertiary/aromatic N) is 1. The van der Waals surface area contributed by atoms with Gasteiger partial charge in [0.15, 0.2) is 0 Å². The fourth-order valence-electron chi connectivity index (χ4n) is 1.87. The van der Waals surface area contributed by atoms with Crippen molar-refractivity contribution in [3.05, 3.63) is 0 Å². The first-order chi connectivity index (χ1) is 9.24. The van der Waals surface area contributed by atoms with Crippen molar-refractivity contribution < 1.29 is 14.3 Å². The van der Waals surface area contributed by atoms with Gasteiger partial charge in [0.05, 0.1) is 13.2 Å². The van der Waals surface area contributed by atoms with Crippen LogP contribution in [0, 0.1) is 0 Å². The lowest BCUT2D eigenvalue weighted by molar-refractivity contribution is -0.137. The minimum Gasteiger partial charge on any atom is -0.378 e. The highest BCUT2D eigenvalue weighted by molar-refractivity contribution is 5.83. The molecule has 6 heteroatoms. The second-order valence-corrected chi connectivity index (χ2v) is 4.59. The van der Waals surface area contributed by atoms with Crippen LogP contribution in [0.2, 0.25) is 0 Å². The molecule has 0 saturated carbocycles. The van der Waals surface area contributed by atoms with Crippen molar-refractivity contribution in [3.8, 4) is 0 Å². The summed E-state index contributed by atoms with van der Waals surface area (Å²) in [5.41, 5.74) is 0. The van der Waals surface area contributed by atoms with Gasteiger partial charge in [-0.3, -0.25) is 9.59 Å². The van der Waals surface area contributed by atoms with Crippen molar-refractivity contribution in [1.82, 2.24) is 15.5 Å². The normalized spacial score (nSPS) is 15.3. The van der Waals surface area contributed by atoms with Crippen LogP contribution < -0.4 is 10.6 Å². The van der Waals surface area contributed by atoms with E-state index in [-0.39, 0.29) is 24.7 Å². The molecule has 19 heavy (non-hydrogen) atoms. The SMILES string of the molecule is CCCNCCNC(=O)CCC(=O)N1CCOCC1. The first kappa shape index (κ1) is 15.9. The van der Waals surface area contributed by atoms with Gasteiger partial charge in [-0.05, 0) is 13.0 Å². The highest BCUT2D eigenvalue weighted by Crippen LogP contribution is 2.02. The van der Waals surface area contributed by atoms with Crippen LogP contribution in [-0.2, 0) is 14.3 Å². The predicted molar refractivity (Wildman–Crippen MR) is 72.8 cm³/mol. The highest BCUT2D eigenvalue weighted by Gasteiger charge is 2.17. The molecule has 0 aliphatic carbocycles. The third-order valence-electron chi connectivity index (χ3n) is 2.98. The van der Waals surface area contributed by atoms with Gasteiger partial charge in [-0.25, -0.2) is 0 Å². The van der Waals surface area contributed by atoms with Crippen molar-refractivity contribution in [2.75, 3.05) is 45.9 Å². The Balaban J connectivity index is 2.03. The number of hydrogen-bond acceptors (Lipinski definition) is 4. The van der Waals surface area contributed by atoms with Crippen LogP contribution in [0.15, 0.2) is 0 Å². The number of nitrogens with one attached hydrogen (secondary N) is 2. The number of morpholine rings is 1. The van der Waals surface area contributed by atoms with E-state index in [1.54, 1.807) is 4.90 Å². The fourth-order valence-corrected chi connectivity index (χ4v) is 1.87. The molecule has 0 atom stereocenters. The number of amides is 2. The average molecular weight is 271 g/mol. The largest absolute Gasteiger partial charge is 0.378 e. The number of hydrogen-bond donors (Lipinski definition) is 2. The molecule has 1 aliphatic rings. The molecule has 110 valence electrons. The van der Waals surface area contributed by atoms with E-state index in [0.717, 1.165) is 19.5 Å². The van der Waals surface area contributed by atoms with Gasteiger partial charge in [-0.2, -0.15) is 0 Å². The third-order valence-corrected chi connectivity index (χ3v) is 2.98. The molecule has 0 bridgehead atoms. The molecule has 0 radical (unpaired) electrons. The van der Waals surface area contributed by atoms with E-state index >= 15 is 0 Å². The van der Waals surface area contributed by atoms with Gasteiger partial charge >= 0.3 is 0 Å². The van der Waals surface area contributed by atoms with Crippen LogP contribution in [0.3, 0.4) is 0 Å². The maximum Gasteiger partial charge on any atom is 0.223 e. The second-order valence-electron chi connectivity index (χ2n) is 4.59. The van der Waals surface area contributed by atoms with E-state index in [0.29, 0.717) is 32.8 Å². The van der Waals surface area contributed by atoms with Crippen molar-refractivity contribution in [1.29, 1.82) is 0 Å². The van der Waals surface area contributed by atoms with Gasteiger partial charge in [0.2, 0.25) is 11.8 Å². The summed E-state index contributed by atoms with van der Waals surface area (Å²) < 4.78 is 5.18. The van der Waals surface area contributed by atoms with E-state index in [1.807, 2.05) is 0 Å². The van der Waals surface area contributed by atoms with Gasteiger partial charge in [-0.1, -0.05) is 6.92 Å². The Labute approximate surface area is 114 Å². The average Bonchev–Trinajstić information content (AvgIpc) is 2.45. The number of carbonyl (C=O) groups excluding carboxylic acids is 2. The zero-order valence-corrected chi connectivity index (χ0v) is 11.7. The Morgan fingerprint density at radius 3 is 2.53 bits per heavy atom. The summed E-state index contributed by atoms with van der Waals surface area (Å²) in [6.45, 7) is 6.93. The Hall–Kier alpha value is -1.14. The van der Waals surface area contributed by atoms with Gasteiger partial charge in [-0.15, -0.1) is 0 Å². The molecule has 0 unspecified atom stereocenters. The van der Waals surface area contributed by atoms with Gasteiger partial charge < -0.3 is 20.3 Å². The van der Waals surface area contributed by atoms with Gasteiger partial charge in [0.25, 0.3) is 0 Å². The quantitative estimate of drug-likeness (QED) is 0.597. The van der Waals surface area contributed by atoms with Crippen LogP contribution >= 0.6 is 0 Å². The van der Waals surface area contributed by atoms with Crippen LogP contribution in [0.1, 0.15) is 26.2 Å². The molecule has 1 aliphatic heterocycles. The topological polar surface area (TPSA) is 70.7 Å². The smallest absolute Gasteiger partial charge is 0.223 e. The molecule has 1 heterocycles. The summed E-state index contributed by atoms with van der Waals surface area (Å²) >= 11 is 0. The standard InChI is InChI=1S/C13H25N3O3/c1-2-5-14-6-7-15-12(17)3-4-13(18)16-8-10-19-11-9-16/h14H,2-11H2,1H3,(H,15,17). The number of carbonyl (C=O) groups is 2. The molecule has 2 N–H and O–H groups in total. The summed E-state index contributed by atoms with van der Waals surface area (Å²) in [6.07, 6.45) is 1.64. The highest BCUT2D eigenvalue weighted by atomic mass is 16.5. The summed E-state index contributed by atoms with van der Waals surface area (Å²) in [5.74, 6) is -0.0116. The second kappa shape index (κ2) is 9.75. The monoisotopic (exact) mass is 271 g/mol. The lowest BCUT2D eigenvalue weighted by Crippen LogP contribution is -2.41. The predicted octanol–water partition coefficient (Wildman–Crippen LogP) is -0.259.